The van der Waals surface area contributed by atoms with Gasteiger partial charge in [-0.25, -0.2) is 9.50 Å². The first-order valence-electron chi connectivity index (χ1n) is 10.6. The second kappa shape index (κ2) is 8.77. The minimum atomic E-state index is -4.75. The number of amides is 1. The molecule has 0 N–H and O–H groups in total. The van der Waals surface area contributed by atoms with E-state index in [4.69, 9.17) is 16.0 Å². The van der Waals surface area contributed by atoms with Gasteiger partial charge in [-0.1, -0.05) is 41.9 Å². The van der Waals surface area contributed by atoms with Crippen molar-refractivity contribution in [1.82, 2.24) is 24.4 Å². The van der Waals surface area contributed by atoms with Gasteiger partial charge in [-0.2, -0.15) is 18.3 Å². The van der Waals surface area contributed by atoms with Crippen molar-refractivity contribution in [3.8, 4) is 11.5 Å². The van der Waals surface area contributed by atoms with Gasteiger partial charge in [0.2, 0.25) is 0 Å². The van der Waals surface area contributed by atoms with Gasteiger partial charge in [0.05, 0.1) is 6.26 Å². The number of halogens is 4. The summed E-state index contributed by atoms with van der Waals surface area (Å²) in [4.78, 5) is 21.1. The molecule has 5 rings (SSSR count). The molecule has 1 aliphatic heterocycles. The van der Waals surface area contributed by atoms with E-state index < -0.39 is 17.8 Å². The molecule has 11 heteroatoms. The number of carbonyl (C=O) groups is 1. The molecule has 4 aromatic rings. The van der Waals surface area contributed by atoms with E-state index in [0.29, 0.717) is 30.7 Å². The monoisotopic (exact) mass is 489 g/mol. The number of rotatable bonds is 4. The van der Waals surface area contributed by atoms with Crippen molar-refractivity contribution in [3.05, 3.63) is 76.8 Å². The molecule has 34 heavy (non-hydrogen) atoms. The van der Waals surface area contributed by atoms with Crippen molar-refractivity contribution in [3.63, 3.8) is 0 Å². The predicted molar refractivity (Wildman–Crippen MR) is 118 cm³/mol. The third-order valence-electron chi connectivity index (χ3n) is 5.71. The first kappa shape index (κ1) is 22.4. The molecule has 0 spiro atoms. The van der Waals surface area contributed by atoms with Gasteiger partial charge < -0.3 is 9.32 Å². The molecule has 7 nitrogen and oxygen atoms in total. The molecule has 0 aliphatic carbocycles. The van der Waals surface area contributed by atoms with E-state index >= 15 is 0 Å². The summed E-state index contributed by atoms with van der Waals surface area (Å²) in [5.74, 6) is -0.379. The predicted octanol–water partition coefficient (Wildman–Crippen LogP) is 4.62. The number of hydrogen-bond acceptors (Lipinski definition) is 5. The molecule has 0 bridgehead atoms. The van der Waals surface area contributed by atoms with Crippen LogP contribution >= 0.6 is 11.6 Å². The summed E-state index contributed by atoms with van der Waals surface area (Å²) in [5, 5.41) is 3.70. The quantitative estimate of drug-likeness (QED) is 0.418. The van der Waals surface area contributed by atoms with Crippen LogP contribution in [0.15, 0.2) is 59.2 Å². The lowest BCUT2D eigenvalue weighted by Crippen LogP contribution is -2.48. The Morgan fingerprint density at radius 3 is 2.44 bits per heavy atom. The normalized spacial score (nSPS) is 15.2. The first-order valence-corrected chi connectivity index (χ1v) is 10.9. The van der Waals surface area contributed by atoms with Gasteiger partial charge in [0.15, 0.2) is 22.8 Å². The maximum Gasteiger partial charge on any atom is 0.433 e. The van der Waals surface area contributed by atoms with Gasteiger partial charge >= 0.3 is 6.18 Å². The lowest BCUT2D eigenvalue weighted by molar-refractivity contribution is -0.142. The Balaban J connectivity index is 1.41. The van der Waals surface area contributed by atoms with Gasteiger partial charge in [-0.05, 0) is 23.8 Å². The van der Waals surface area contributed by atoms with Gasteiger partial charge in [0.25, 0.3) is 5.91 Å². The number of furan rings is 1. The Morgan fingerprint density at radius 1 is 1.06 bits per heavy atom. The van der Waals surface area contributed by atoms with Crippen molar-refractivity contribution in [2.75, 3.05) is 26.2 Å². The van der Waals surface area contributed by atoms with E-state index in [1.54, 1.807) is 11.0 Å². The summed E-state index contributed by atoms with van der Waals surface area (Å²) in [7, 11) is 0. The molecular formula is C23H19ClF3N5O2. The zero-order chi connectivity index (χ0) is 23.9. The van der Waals surface area contributed by atoms with Crippen molar-refractivity contribution >= 4 is 23.2 Å². The molecule has 1 amide bonds. The number of piperazine rings is 1. The molecule has 1 fully saturated rings. The molecule has 1 aliphatic rings. The average Bonchev–Trinajstić information content (AvgIpc) is 3.47. The number of alkyl halides is 3. The van der Waals surface area contributed by atoms with Gasteiger partial charge in [0.1, 0.15) is 10.7 Å². The highest BCUT2D eigenvalue weighted by Crippen LogP contribution is 2.35. The van der Waals surface area contributed by atoms with Crippen LogP contribution in [0.1, 0.15) is 21.7 Å². The van der Waals surface area contributed by atoms with E-state index in [-0.39, 0.29) is 27.8 Å². The van der Waals surface area contributed by atoms with Crippen LogP contribution in [-0.4, -0.2) is 56.5 Å². The maximum atomic E-state index is 13.8. The fraction of sp³-hybridized carbons (Fsp3) is 0.261. The molecule has 176 valence electrons. The second-order valence-electron chi connectivity index (χ2n) is 7.95. The minimum absolute atomic E-state index is 0.0554. The van der Waals surface area contributed by atoms with Crippen molar-refractivity contribution in [1.29, 1.82) is 0 Å². The van der Waals surface area contributed by atoms with Crippen molar-refractivity contribution < 1.29 is 22.4 Å². The number of benzene rings is 1. The Labute approximate surface area is 197 Å². The number of aromatic nitrogens is 3. The van der Waals surface area contributed by atoms with E-state index in [0.717, 1.165) is 12.6 Å². The number of fused-ring (bicyclic) bond motifs is 1. The van der Waals surface area contributed by atoms with E-state index in [1.165, 1.54) is 17.9 Å². The Bertz CT molecular complexity index is 1310. The second-order valence-corrected chi connectivity index (χ2v) is 8.33. The fourth-order valence-corrected chi connectivity index (χ4v) is 4.22. The molecule has 0 atom stereocenters. The van der Waals surface area contributed by atoms with Crippen LogP contribution < -0.4 is 0 Å². The molecular weight excluding hydrogens is 471 g/mol. The van der Waals surface area contributed by atoms with Crippen LogP contribution in [0.25, 0.3) is 17.1 Å². The van der Waals surface area contributed by atoms with Crippen LogP contribution in [0.3, 0.4) is 0 Å². The molecule has 4 heterocycles. The third-order valence-corrected chi connectivity index (χ3v) is 6.06. The number of carbonyl (C=O) groups excluding carboxylic acids is 1. The summed E-state index contributed by atoms with van der Waals surface area (Å²) in [6, 6.07) is 13.8. The molecule has 0 unspecified atom stereocenters. The van der Waals surface area contributed by atoms with Crippen molar-refractivity contribution in [2.45, 2.75) is 12.7 Å². The summed E-state index contributed by atoms with van der Waals surface area (Å²) >= 11 is 6.36. The lowest BCUT2D eigenvalue weighted by Gasteiger charge is -2.34. The van der Waals surface area contributed by atoms with Crippen LogP contribution in [0.2, 0.25) is 5.02 Å². The molecule has 0 radical (unpaired) electrons. The Morgan fingerprint density at radius 2 is 1.79 bits per heavy atom. The van der Waals surface area contributed by atoms with Gasteiger partial charge in [-0.3, -0.25) is 9.69 Å². The largest absolute Gasteiger partial charge is 0.463 e. The Hall–Kier alpha value is -3.37. The van der Waals surface area contributed by atoms with E-state index in [9.17, 15) is 18.0 Å². The van der Waals surface area contributed by atoms with Crippen LogP contribution in [-0.2, 0) is 12.7 Å². The summed E-state index contributed by atoms with van der Waals surface area (Å²) in [6.07, 6.45) is -3.42. The number of nitrogens with zero attached hydrogens (tertiary/aromatic N) is 5. The zero-order valence-electron chi connectivity index (χ0n) is 17.8. The highest BCUT2D eigenvalue weighted by atomic mass is 35.5. The molecule has 1 aromatic carbocycles. The van der Waals surface area contributed by atoms with Crippen LogP contribution in [0.5, 0.6) is 0 Å². The van der Waals surface area contributed by atoms with Crippen molar-refractivity contribution in [2.24, 2.45) is 0 Å². The zero-order valence-corrected chi connectivity index (χ0v) is 18.6. The van der Waals surface area contributed by atoms with Gasteiger partial charge in [-0.15, -0.1) is 0 Å². The van der Waals surface area contributed by atoms with E-state index in [2.05, 4.69) is 15.0 Å². The minimum Gasteiger partial charge on any atom is -0.463 e. The fourth-order valence-electron chi connectivity index (χ4n) is 3.98. The van der Waals surface area contributed by atoms with Crippen LogP contribution in [0.4, 0.5) is 13.2 Å². The van der Waals surface area contributed by atoms with Gasteiger partial charge in [0, 0.05) is 32.7 Å². The average molecular weight is 490 g/mol. The Kier molecular flexibility index (Phi) is 5.78. The molecule has 3 aromatic heterocycles. The van der Waals surface area contributed by atoms with E-state index in [1.807, 2.05) is 30.3 Å². The highest BCUT2D eigenvalue weighted by Gasteiger charge is 2.37. The smallest absolute Gasteiger partial charge is 0.433 e. The first-order chi connectivity index (χ1) is 16.3. The van der Waals surface area contributed by atoms with Crippen LogP contribution in [0, 0.1) is 0 Å². The summed E-state index contributed by atoms with van der Waals surface area (Å²) < 4.78 is 47.2. The SMILES string of the molecule is O=C(c1nn2c(C(F)(F)F)cc(-c3ccco3)nc2c1Cl)N1CCN(Cc2ccccc2)CC1. The lowest BCUT2D eigenvalue weighted by atomic mass is 10.2. The third kappa shape index (κ3) is 4.26. The molecule has 0 saturated carbocycles. The summed E-state index contributed by atoms with van der Waals surface area (Å²) in [6.45, 7) is 2.83. The maximum absolute atomic E-state index is 13.8. The number of hydrogen-bond donors (Lipinski definition) is 0. The topological polar surface area (TPSA) is 66.9 Å². The standard InChI is InChI=1S/C23H19ClF3N5O2/c24-19-20(22(33)31-10-8-30(9-11-31)14-15-5-2-1-3-6-15)29-32-18(23(25,26)27)13-16(28-21(19)32)17-7-4-12-34-17/h1-7,12-13H,8-11,14H2. The highest BCUT2D eigenvalue weighted by molar-refractivity contribution is 6.36. The summed E-state index contributed by atoms with van der Waals surface area (Å²) in [5.41, 5.74) is -0.497. The molecule has 1 saturated heterocycles.